The number of benzene rings is 1. The van der Waals surface area contributed by atoms with Gasteiger partial charge in [-0.2, -0.15) is 18.3 Å². The van der Waals surface area contributed by atoms with Crippen LogP contribution in [0.4, 0.5) is 13.2 Å². The van der Waals surface area contributed by atoms with Crippen molar-refractivity contribution in [2.75, 3.05) is 0 Å². The Morgan fingerprint density at radius 3 is 2.65 bits per heavy atom. The lowest BCUT2D eigenvalue weighted by atomic mass is 10.2. The van der Waals surface area contributed by atoms with E-state index in [9.17, 15) is 18.0 Å². The molecule has 3 rings (SSSR count). The summed E-state index contributed by atoms with van der Waals surface area (Å²) in [6.07, 6.45) is -3.46. The van der Waals surface area contributed by atoms with Gasteiger partial charge in [-0.3, -0.25) is 14.0 Å². The lowest BCUT2D eigenvalue weighted by molar-refractivity contribution is -0.142. The first-order valence-electron chi connectivity index (χ1n) is 6.52. The summed E-state index contributed by atoms with van der Waals surface area (Å²) in [4.78, 5) is 16.5. The zero-order valence-electron chi connectivity index (χ0n) is 11.8. The largest absolute Gasteiger partial charge is 0.435 e. The highest BCUT2D eigenvalue weighted by molar-refractivity contribution is 6.30. The van der Waals surface area contributed by atoms with Crippen LogP contribution in [-0.4, -0.2) is 19.3 Å². The van der Waals surface area contributed by atoms with Crippen molar-refractivity contribution in [2.24, 2.45) is 7.05 Å². The van der Waals surface area contributed by atoms with E-state index in [1.54, 1.807) is 24.3 Å². The predicted octanol–water partition coefficient (Wildman–Crippen LogP) is 2.85. The van der Waals surface area contributed by atoms with Crippen LogP contribution in [0, 0.1) is 0 Å². The van der Waals surface area contributed by atoms with Crippen molar-refractivity contribution in [3.63, 3.8) is 0 Å². The van der Waals surface area contributed by atoms with Gasteiger partial charge in [0.2, 0.25) is 0 Å². The minimum atomic E-state index is -4.66. The summed E-state index contributed by atoms with van der Waals surface area (Å²) in [5.41, 5.74) is -1.34. The molecule has 0 spiro atoms. The molecule has 0 bridgehead atoms. The molecule has 0 unspecified atom stereocenters. The number of para-hydroxylation sites is 1. The van der Waals surface area contributed by atoms with Crippen LogP contribution in [-0.2, 0) is 19.8 Å². The summed E-state index contributed by atoms with van der Waals surface area (Å²) in [5, 5.41) is 3.55. The quantitative estimate of drug-likeness (QED) is 0.719. The summed E-state index contributed by atoms with van der Waals surface area (Å²) in [5.74, 6) is 0. The molecule has 23 heavy (non-hydrogen) atoms. The van der Waals surface area contributed by atoms with E-state index in [-0.39, 0.29) is 17.3 Å². The van der Waals surface area contributed by atoms with Crippen LogP contribution in [0.15, 0.2) is 35.4 Å². The van der Waals surface area contributed by atoms with E-state index in [1.807, 2.05) is 0 Å². The van der Waals surface area contributed by atoms with E-state index in [1.165, 1.54) is 13.4 Å². The molecular weight excluding hydrogens is 333 g/mol. The molecule has 0 saturated heterocycles. The zero-order chi connectivity index (χ0) is 16.8. The van der Waals surface area contributed by atoms with Crippen molar-refractivity contribution in [3.8, 4) is 0 Å². The summed E-state index contributed by atoms with van der Waals surface area (Å²) in [7, 11) is 1.31. The molecule has 0 aliphatic heterocycles. The monoisotopic (exact) mass is 342 g/mol. The van der Waals surface area contributed by atoms with Crippen LogP contribution >= 0.6 is 11.6 Å². The molecule has 0 atom stereocenters. The van der Waals surface area contributed by atoms with E-state index in [2.05, 4.69) is 10.1 Å². The summed E-state index contributed by atoms with van der Waals surface area (Å²) in [6.45, 7) is -0.363. The van der Waals surface area contributed by atoms with E-state index >= 15 is 0 Å². The first kappa shape index (κ1) is 15.5. The van der Waals surface area contributed by atoms with Crippen molar-refractivity contribution >= 4 is 22.5 Å². The number of fused-ring (bicyclic) bond motifs is 1. The van der Waals surface area contributed by atoms with Gasteiger partial charge in [0, 0.05) is 12.6 Å². The number of halogens is 4. The van der Waals surface area contributed by atoms with Crippen LogP contribution in [0.5, 0.6) is 0 Å². The third-order valence-electron chi connectivity index (χ3n) is 3.40. The molecule has 120 valence electrons. The second-order valence-electron chi connectivity index (χ2n) is 4.93. The second-order valence-corrected chi connectivity index (χ2v) is 5.29. The van der Waals surface area contributed by atoms with Gasteiger partial charge >= 0.3 is 6.18 Å². The van der Waals surface area contributed by atoms with Gasteiger partial charge < -0.3 is 0 Å². The summed E-state index contributed by atoms with van der Waals surface area (Å²) in [6, 6.07) is 6.60. The van der Waals surface area contributed by atoms with Crippen molar-refractivity contribution in [1.82, 2.24) is 19.3 Å². The smallest absolute Gasteiger partial charge is 0.294 e. The maximum Gasteiger partial charge on any atom is 0.435 e. The molecule has 0 fully saturated rings. The molecule has 0 aliphatic rings. The molecule has 1 aromatic carbocycles. The number of aromatic nitrogens is 4. The van der Waals surface area contributed by atoms with Crippen molar-refractivity contribution in [2.45, 2.75) is 12.7 Å². The van der Waals surface area contributed by atoms with Gasteiger partial charge in [0.15, 0.2) is 5.69 Å². The second kappa shape index (κ2) is 5.38. The average molecular weight is 343 g/mol. The fourth-order valence-electron chi connectivity index (χ4n) is 2.30. The number of alkyl halides is 3. The maximum absolute atomic E-state index is 13.1. The Labute approximate surface area is 132 Å². The lowest BCUT2D eigenvalue weighted by Crippen LogP contribution is -2.22. The number of rotatable bonds is 2. The number of hydrogen-bond donors (Lipinski definition) is 0. The van der Waals surface area contributed by atoms with Crippen LogP contribution in [0.2, 0.25) is 5.15 Å². The van der Waals surface area contributed by atoms with Gasteiger partial charge in [0.05, 0.1) is 23.8 Å². The molecule has 9 heteroatoms. The van der Waals surface area contributed by atoms with Crippen molar-refractivity contribution in [1.29, 1.82) is 0 Å². The molecule has 3 aromatic rings. The number of aryl methyl sites for hydroxylation is 1. The lowest BCUT2D eigenvalue weighted by Gasteiger charge is -2.09. The summed E-state index contributed by atoms with van der Waals surface area (Å²) < 4.78 is 41.2. The molecule has 0 amide bonds. The molecule has 2 aromatic heterocycles. The Morgan fingerprint density at radius 1 is 1.26 bits per heavy atom. The first-order valence-corrected chi connectivity index (χ1v) is 6.89. The van der Waals surface area contributed by atoms with E-state index in [0.29, 0.717) is 10.9 Å². The van der Waals surface area contributed by atoms with Gasteiger partial charge in [-0.05, 0) is 12.1 Å². The molecular formula is C14H10ClF3N4O. The topological polar surface area (TPSA) is 52.7 Å². The van der Waals surface area contributed by atoms with Crippen LogP contribution in [0.1, 0.15) is 11.3 Å². The van der Waals surface area contributed by atoms with Crippen LogP contribution < -0.4 is 5.56 Å². The Bertz CT molecular complexity index is 945. The zero-order valence-corrected chi connectivity index (χ0v) is 12.6. The highest BCUT2D eigenvalue weighted by Gasteiger charge is 2.38. The molecule has 5 nitrogen and oxygen atoms in total. The van der Waals surface area contributed by atoms with Gasteiger partial charge in [0.1, 0.15) is 5.15 Å². The van der Waals surface area contributed by atoms with Gasteiger partial charge in [-0.1, -0.05) is 23.7 Å². The van der Waals surface area contributed by atoms with Crippen LogP contribution in [0.25, 0.3) is 10.9 Å². The SMILES string of the molecule is Cn1nc(C(F)(F)F)c(Cn2cnc3ccccc3c2=O)c1Cl. The fourth-order valence-corrected chi connectivity index (χ4v) is 2.49. The van der Waals surface area contributed by atoms with Crippen molar-refractivity contribution in [3.05, 3.63) is 57.4 Å². The Balaban J connectivity index is 2.14. The third kappa shape index (κ3) is 2.70. The average Bonchev–Trinajstić information content (AvgIpc) is 2.78. The van der Waals surface area contributed by atoms with Crippen LogP contribution in [0.3, 0.4) is 0 Å². The first-order chi connectivity index (χ1) is 10.8. The van der Waals surface area contributed by atoms with E-state index < -0.39 is 17.4 Å². The minimum Gasteiger partial charge on any atom is -0.294 e. The molecule has 0 radical (unpaired) electrons. The number of nitrogens with zero attached hydrogens (tertiary/aromatic N) is 4. The molecule has 0 saturated carbocycles. The Morgan fingerprint density at radius 2 is 1.96 bits per heavy atom. The van der Waals surface area contributed by atoms with E-state index in [4.69, 9.17) is 11.6 Å². The maximum atomic E-state index is 13.1. The van der Waals surface area contributed by atoms with Gasteiger partial charge in [0.25, 0.3) is 5.56 Å². The molecule has 0 N–H and O–H groups in total. The predicted molar refractivity (Wildman–Crippen MR) is 78.3 cm³/mol. The normalized spacial score (nSPS) is 12.0. The van der Waals surface area contributed by atoms with Gasteiger partial charge in [-0.25, -0.2) is 4.98 Å². The van der Waals surface area contributed by atoms with Crippen molar-refractivity contribution < 1.29 is 13.2 Å². The minimum absolute atomic E-state index is 0.169. The Hall–Kier alpha value is -2.35. The highest BCUT2D eigenvalue weighted by atomic mass is 35.5. The van der Waals surface area contributed by atoms with E-state index in [0.717, 1.165) is 9.25 Å². The molecule has 2 heterocycles. The standard InChI is InChI=1S/C14H10ClF3N4O/c1-21-12(15)9(11(20-21)14(16,17)18)6-22-7-19-10-5-3-2-4-8(10)13(22)23/h2-5,7H,6H2,1H3. The third-order valence-corrected chi connectivity index (χ3v) is 3.87. The Kier molecular flexibility index (Phi) is 3.63. The fraction of sp³-hybridized carbons (Fsp3) is 0.214. The summed E-state index contributed by atoms with van der Waals surface area (Å²) >= 11 is 5.91. The number of hydrogen-bond acceptors (Lipinski definition) is 3. The molecule has 0 aliphatic carbocycles. The van der Waals surface area contributed by atoms with Gasteiger partial charge in [-0.15, -0.1) is 0 Å². The highest BCUT2D eigenvalue weighted by Crippen LogP contribution is 2.34.